The average Bonchev–Trinajstić information content (AvgIpc) is 2.99. The molecule has 1 atom stereocenters. The minimum Gasteiger partial charge on any atom is -0.467 e. The van der Waals surface area contributed by atoms with Crippen molar-refractivity contribution in [3.8, 4) is 0 Å². The molecule has 0 saturated carbocycles. The second kappa shape index (κ2) is 8.20. The highest BCUT2D eigenvalue weighted by molar-refractivity contribution is 6.42. The van der Waals surface area contributed by atoms with E-state index in [1.165, 1.54) is 12.0 Å². The smallest absolute Gasteiger partial charge is 0.333 e. The van der Waals surface area contributed by atoms with Crippen LogP contribution in [0.3, 0.4) is 0 Å². The fraction of sp³-hybridized carbons (Fsp3) is 0.250. The molecular weight excluding hydrogens is 401 g/mol. The van der Waals surface area contributed by atoms with Crippen LogP contribution in [0.2, 0.25) is 10.0 Å². The molecule has 3 aromatic rings. The second-order valence-electron chi connectivity index (χ2n) is 6.34. The van der Waals surface area contributed by atoms with E-state index in [4.69, 9.17) is 27.9 Å². The first-order valence-corrected chi connectivity index (χ1v) is 9.29. The van der Waals surface area contributed by atoms with E-state index in [1.807, 2.05) is 35.8 Å². The molecule has 0 fully saturated rings. The Bertz CT molecular complexity index is 1050. The van der Waals surface area contributed by atoms with E-state index in [0.717, 1.165) is 11.0 Å². The second-order valence-corrected chi connectivity index (χ2v) is 7.15. The maximum Gasteiger partial charge on any atom is 0.333 e. The third-order valence-electron chi connectivity index (χ3n) is 4.60. The number of carbonyl (C=O) groups is 2. The number of hydrogen-bond acceptors (Lipinski definition) is 4. The van der Waals surface area contributed by atoms with E-state index in [9.17, 15) is 9.59 Å². The lowest BCUT2D eigenvalue weighted by Gasteiger charge is -2.27. The lowest BCUT2D eigenvalue weighted by molar-refractivity contribution is -0.152. The molecule has 0 radical (unpaired) electrons. The van der Waals surface area contributed by atoms with E-state index in [0.29, 0.717) is 21.4 Å². The molecule has 3 rings (SSSR count). The van der Waals surface area contributed by atoms with E-state index in [1.54, 1.807) is 25.2 Å². The maximum absolute atomic E-state index is 13.0. The van der Waals surface area contributed by atoms with E-state index < -0.39 is 12.0 Å². The Hall–Kier alpha value is -2.57. The van der Waals surface area contributed by atoms with Crippen LogP contribution in [-0.2, 0) is 20.9 Å². The Labute approximate surface area is 172 Å². The summed E-state index contributed by atoms with van der Waals surface area (Å²) in [5, 5.41) is 0.661. The number of methoxy groups -OCH3 is 1. The van der Waals surface area contributed by atoms with Gasteiger partial charge in [-0.05, 0) is 36.8 Å². The van der Waals surface area contributed by atoms with Crippen LogP contribution in [0.5, 0.6) is 0 Å². The number of likely N-dealkylation sites (N-methyl/N-ethyl adjacent to an activating group) is 1. The summed E-state index contributed by atoms with van der Waals surface area (Å²) >= 11 is 12.1. The number of carbonyl (C=O) groups excluding carboxylic acids is 2. The minimum atomic E-state index is -0.942. The van der Waals surface area contributed by atoms with E-state index in [2.05, 4.69) is 4.98 Å². The average molecular weight is 420 g/mol. The van der Waals surface area contributed by atoms with Crippen molar-refractivity contribution < 1.29 is 14.3 Å². The number of esters is 1. The topological polar surface area (TPSA) is 64.4 Å². The molecule has 1 heterocycles. The number of fused-ring (bicyclic) bond motifs is 1. The van der Waals surface area contributed by atoms with Gasteiger partial charge in [-0.25, -0.2) is 9.78 Å². The van der Waals surface area contributed by atoms with Gasteiger partial charge in [0.15, 0.2) is 6.04 Å². The van der Waals surface area contributed by atoms with Gasteiger partial charge in [-0.3, -0.25) is 4.79 Å². The van der Waals surface area contributed by atoms with Gasteiger partial charge in [-0.2, -0.15) is 0 Å². The van der Waals surface area contributed by atoms with Gasteiger partial charge < -0.3 is 14.2 Å². The first-order valence-electron chi connectivity index (χ1n) is 8.53. The van der Waals surface area contributed by atoms with Crippen molar-refractivity contribution in [1.29, 1.82) is 0 Å². The summed E-state index contributed by atoms with van der Waals surface area (Å²) in [4.78, 5) is 31.2. The highest BCUT2D eigenvalue weighted by Gasteiger charge is 2.30. The number of imidazole rings is 1. The number of halogens is 2. The predicted molar refractivity (Wildman–Crippen MR) is 108 cm³/mol. The zero-order valence-corrected chi connectivity index (χ0v) is 17.2. The summed E-state index contributed by atoms with van der Waals surface area (Å²) in [7, 11) is 2.83. The first-order chi connectivity index (χ1) is 13.3. The molecule has 2 aromatic carbocycles. The number of benzene rings is 2. The number of para-hydroxylation sites is 2. The van der Waals surface area contributed by atoms with Gasteiger partial charge in [0, 0.05) is 7.05 Å². The van der Waals surface area contributed by atoms with Gasteiger partial charge in [0.2, 0.25) is 5.91 Å². The molecule has 1 aromatic heterocycles. The van der Waals surface area contributed by atoms with Crippen LogP contribution >= 0.6 is 23.2 Å². The number of rotatable bonds is 5. The number of aryl methyl sites for hydroxylation is 1. The summed E-state index contributed by atoms with van der Waals surface area (Å²) in [5.74, 6) is -0.124. The van der Waals surface area contributed by atoms with Crippen LogP contribution in [0.4, 0.5) is 0 Å². The van der Waals surface area contributed by atoms with Gasteiger partial charge in [-0.1, -0.05) is 41.4 Å². The molecule has 0 spiro atoms. The van der Waals surface area contributed by atoms with Gasteiger partial charge in [0.25, 0.3) is 0 Å². The summed E-state index contributed by atoms with van der Waals surface area (Å²) in [6.45, 7) is 1.88. The Morgan fingerprint density at radius 3 is 2.57 bits per heavy atom. The SMILES string of the molecule is COC(=O)C(c1ccc(Cl)c(Cl)c1)N(C)C(=O)Cn1c(C)nc2ccccc21. The quantitative estimate of drug-likeness (QED) is 0.585. The molecule has 0 bridgehead atoms. The molecule has 1 amide bonds. The molecule has 0 N–H and O–H groups in total. The summed E-state index contributed by atoms with van der Waals surface area (Å²) < 4.78 is 6.73. The summed E-state index contributed by atoms with van der Waals surface area (Å²) in [6, 6.07) is 11.4. The van der Waals surface area contributed by atoms with Crippen molar-refractivity contribution in [1.82, 2.24) is 14.5 Å². The Morgan fingerprint density at radius 1 is 1.18 bits per heavy atom. The van der Waals surface area contributed by atoms with Crippen LogP contribution in [-0.4, -0.2) is 40.5 Å². The Kier molecular flexibility index (Phi) is 5.91. The monoisotopic (exact) mass is 419 g/mol. The lowest BCUT2D eigenvalue weighted by atomic mass is 10.1. The van der Waals surface area contributed by atoms with Crippen molar-refractivity contribution in [3.63, 3.8) is 0 Å². The van der Waals surface area contributed by atoms with Gasteiger partial charge in [0.05, 0.1) is 28.2 Å². The number of ether oxygens (including phenoxy) is 1. The molecule has 0 saturated heterocycles. The van der Waals surface area contributed by atoms with Crippen LogP contribution in [0.25, 0.3) is 11.0 Å². The highest BCUT2D eigenvalue weighted by Crippen LogP contribution is 2.29. The van der Waals surface area contributed by atoms with Crippen LogP contribution < -0.4 is 0 Å². The van der Waals surface area contributed by atoms with Crippen molar-refractivity contribution in [3.05, 3.63) is 63.9 Å². The number of amides is 1. The van der Waals surface area contributed by atoms with Crippen LogP contribution in [0.15, 0.2) is 42.5 Å². The zero-order chi connectivity index (χ0) is 20.4. The first kappa shape index (κ1) is 20.2. The number of aromatic nitrogens is 2. The standard InChI is InChI=1S/C20H19Cl2N3O3/c1-12-23-16-6-4-5-7-17(16)25(12)11-18(26)24(2)19(20(27)28-3)13-8-9-14(21)15(22)10-13/h4-10,19H,11H2,1-3H3. The minimum absolute atomic E-state index is 0.0393. The summed E-state index contributed by atoms with van der Waals surface area (Å²) in [6.07, 6.45) is 0. The third kappa shape index (κ3) is 3.84. The molecule has 6 nitrogen and oxygen atoms in total. The number of nitrogens with zero attached hydrogens (tertiary/aromatic N) is 3. The van der Waals surface area contributed by atoms with Crippen molar-refractivity contribution >= 4 is 46.1 Å². The molecule has 28 heavy (non-hydrogen) atoms. The van der Waals surface area contributed by atoms with Crippen molar-refractivity contribution in [2.45, 2.75) is 19.5 Å². The maximum atomic E-state index is 13.0. The molecule has 1 unspecified atom stereocenters. The van der Waals surface area contributed by atoms with Crippen LogP contribution in [0, 0.1) is 6.92 Å². The number of hydrogen-bond donors (Lipinski definition) is 0. The Balaban J connectivity index is 1.92. The third-order valence-corrected chi connectivity index (χ3v) is 5.34. The van der Waals surface area contributed by atoms with Gasteiger partial charge in [0.1, 0.15) is 12.4 Å². The molecule has 146 valence electrons. The highest BCUT2D eigenvalue weighted by atomic mass is 35.5. The van der Waals surface area contributed by atoms with Crippen molar-refractivity contribution in [2.75, 3.05) is 14.2 Å². The van der Waals surface area contributed by atoms with Crippen LogP contribution in [0.1, 0.15) is 17.4 Å². The molecule has 0 aliphatic heterocycles. The Morgan fingerprint density at radius 2 is 1.89 bits per heavy atom. The molecule has 0 aliphatic rings. The van der Waals surface area contributed by atoms with E-state index in [-0.39, 0.29) is 12.5 Å². The lowest BCUT2D eigenvalue weighted by Crippen LogP contribution is -2.38. The molecule has 8 heteroatoms. The van der Waals surface area contributed by atoms with E-state index >= 15 is 0 Å². The molecular formula is C20H19Cl2N3O3. The predicted octanol–water partition coefficient (Wildman–Crippen LogP) is 4.02. The largest absolute Gasteiger partial charge is 0.467 e. The fourth-order valence-electron chi connectivity index (χ4n) is 3.10. The fourth-order valence-corrected chi connectivity index (χ4v) is 3.40. The van der Waals surface area contributed by atoms with Crippen molar-refractivity contribution in [2.24, 2.45) is 0 Å². The normalized spacial score (nSPS) is 12.0. The van der Waals surface area contributed by atoms with Gasteiger partial charge in [-0.15, -0.1) is 0 Å². The molecule has 0 aliphatic carbocycles. The summed E-state index contributed by atoms with van der Waals surface area (Å²) in [5.41, 5.74) is 2.18. The zero-order valence-electron chi connectivity index (χ0n) is 15.6. The van der Waals surface area contributed by atoms with Gasteiger partial charge >= 0.3 is 5.97 Å².